The van der Waals surface area contributed by atoms with Crippen molar-refractivity contribution in [3.8, 4) is 10.6 Å². The largest absolute Gasteiger partial charge is 0.389 e. The van der Waals surface area contributed by atoms with Gasteiger partial charge >= 0.3 is 0 Å². The van der Waals surface area contributed by atoms with Crippen LogP contribution in [0.4, 0.5) is 19.5 Å². The molecule has 9 heteroatoms. The van der Waals surface area contributed by atoms with Gasteiger partial charge in [-0.25, -0.2) is 13.8 Å². The molecule has 1 saturated carbocycles. The fraction of sp³-hybridized carbons (Fsp3) is 0.381. The molecule has 0 saturated heterocycles. The summed E-state index contributed by atoms with van der Waals surface area (Å²) in [5.41, 5.74) is 7.25. The second-order valence-electron chi connectivity index (χ2n) is 7.54. The second kappa shape index (κ2) is 8.51. The van der Waals surface area contributed by atoms with Gasteiger partial charge in [-0.15, -0.1) is 0 Å². The molecule has 2 aromatic heterocycles. The third-order valence-electron chi connectivity index (χ3n) is 5.52. The third kappa shape index (κ3) is 3.94. The number of anilines is 2. The van der Waals surface area contributed by atoms with Crippen LogP contribution in [0.3, 0.4) is 0 Å². The Balaban J connectivity index is 1.61. The van der Waals surface area contributed by atoms with E-state index in [0.29, 0.717) is 11.6 Å². The number of hydrogen-bond donors (Lipinski definition) is 2. The fourth-order valence-electron chi connectivity index (χ4n) is 4.07. The van der Waals surface area contributed by atoms with E-state index in [1.54, 1.807) is 10.9 Å². The van der Waals surface area contributed by atoms with Gasteiger partial charge in [0.15, 0.2) is 5.69 Å². The van der Waals surface area contributed by atoms with Crippen LogP contribution in [-0.4, -0.2) is 20.7 Å². The molecule has 0 radical (unpaired) electrons. The highest BCUT2D eigenvalue weighted by molar-refractivity contribution is 7.19. The van der Waals surface area contributed by atoms with Gasteiger partial charge in [-0.2, -0.15) is 5.10 Å². The molecule has 0 atom stereocenters. The minimum Gasteiger partial charge on any atom is -0.389 e. The first kappa shape index (κ1) is 20.5. The molecule has 2 heterocycles. The molecular weight excluding hydrogens is 408 g/mol. The molecule has 1 fully saturated rings. The zero-order valence-corrected chi connectivity index (χ0v) is 17.4. The SMILES string of the molecule is Cn1ncc(NC(=O)c2nc(-c3c(F)cccc3F)sc2N)c1C1CCCCCC1. The quantitative estimate of drug-likeness (QED) is 0.563. The number of aryl methyl sites for hydroxylation is 1. The van der Waals surface area contributed by atoms with Gasteiger partial charge in [0, 0.05) is 13.0 Å². The molecule has 1 aliphatic rings. The molecule has 158 valence electrons. The van der Waals surface area contributed by atoms with Crippen molar-refractivity contribution in [1.29, 1.82) is 0 Å². The monoisotopic (exact) mass is 431 g/mol. The number of nitrogens with one attached hydrogen (secondary N) is 1. The first-order valence-corrected chi connectivity index (χ1v) is 10.8. The number of aromatic nitrogens is 3. The summed E-state index contributed by atoms with van der Waals surface area (Å²) in [6, 6.07) is 3.56. The third-order valence-corrected chi connectivity index (χ3v) is 6.42. The van der Waals surface area contributed by atoms with E-state index in [-0.39, 0.29) is 21.3 Å². The van der Waals surface area contributed by atoms with Gasteiger partial charge in [-0.1, -0.05) is 43.1 Å². The van der Waals surface area contributed by atoms with Crippen molar-refractivity contribution in [2.75, 3.05) is 11.1 Å². The number of amides is 1. The van der Waals surface area contributed by atoms with E-state index >= 15 is 0 Å². The van der Waals surface area contributed by atoms with Gasteiger partial charge in [0.05, 0.1) is 23.1 Å². The molecule has 3 aromatic rings. The normalized spacial score (nSPS) is 15.2. The smallest absolute Gasteiger partial charge is 0.277 e. The number of hydrogen-bond acceptors (Lipinski definition) is 5. The minimum atomic E-state index is -0.751. The predicted octanol–water partition coefficient (Wildman–Crippen LogP) is 5.09. The maximum atomic E-state index is 14.1. The van der Waals surface area contributed by atoms with Crippen LogP contribution in [0.25, 0.3) is 10.6 Å². The highest BCUT2D eigenvalue weighted by Crippen LogP contribution is 2.37. The average molecular weight is 432 g/mol. The summed E-state index contributed by atoms with van der Waals surface area (Å²) in [6.45, 7) is 0. The van der Waals surface area contributed by atoms with Crippen LogP contribution in [0.5, 0.6) is 0 Å². The summed E-state index contributed by atoms with van der Waals surface area (Å²) in [7, 11) is 1.87. The number of benzene rings is 1. The van der Waals surface area contributed by atoms with Crippen molar-refractivity contribution in [2.24, 2.45) is 7.05 Å². The van der Waals surface area contributed by atoms with Gasteiger partial charge in [0.2, 0.25) is 0 Å². The number of thiazole rings is 1. The molecule has 1 amide bonds. The van der Waals surface area contributed by atoms with E-state index in [9.17, 15) is 13.6 Å². The van der Waals surface area contributed by atoms with Gasteiger partial charge in [0.25, 0.3) is 5.91 Å². The molecule has 0 aliphatic heterocycles. The van der Waals surface area contributed by atoms with Crippen LogP contribution in [0.2, 0.25) is 0 Å². The molecule has 1 aromatic carbocycles. The Morgan fingerprint density at radius 1 is 1.20 bits per heavy atom. The van der Waals surface area contributed by atoms with E-state index < -0.39 is 17.5 Å². The first-order chi connectivity index (χ1) is 14.5. The Kier molecular flexibility index (Phi) is 5.80. The predicted molar refractivity (Wildman–Crippen MR) is 113 cm³/mol. The van der Waals surface area contributed by atoms with Crippen molar-refractivity contribution < 1.29 is 13.6 Å². The number of carbonyl (C=O) groups excluding carboxylic acids is 1. The van der Waals surface area contributed by atoms with Crippen LogP contribution in [-0.2, 0) is 7.05 Å². The van der Waals surface area contributed by atoms with Gasteiger partial charge in [-0.05, 0) is 25.0 Å². The minimum absolute atomic E-state index is 0.0310. The highest BCUT2D eigenvalue weighted by Gasteiger charge is 2.25. The van der Waals surface area contributed by atoms with E-state index in [2.05, 4.69) is 15.4 Å². The van der Waals surface area contributed by atoms with Crippen LogP contribution in [0.15, 0.2) is 24.4 Å². The summed E-state index contributed by atoms with van der Waals surface area (Å²) < 4.78 is 30.0. The molecule has 0 unspecified atom stereocenters. The Bertz CT molecular complexity index is 1050. The summed E-state index contributed by atoms with van der Waals surface area (Å²) in [4.78, 5) is 17.0. The van der Waals surface area contributed by atoms with Crippen LogP contribution in [0.1, 0.15) is 60.6 Å². The molecule has 3 N–H and O–H groups in total. The Labute approximate surface area is 177 Å². The van der Waals surface area contributed by atoms with Crippen LogP contribution in [0, 0.1) is 11.6 Å². The van der Waals surface area contributed by atoms with Crippen LogP contribution >= 0.6 is 11.3 Å². The zero-order valence-electron chi connectivity index (χ0n) is 16.6. The second-order valence-corrected chi connectivity index (χ2v) is 8.57. The Morgan fingerprint density at radius 2 is 1.87 bits per heavy atom. The molecule has 1 aliphatic carbocycles. The highest BCUT2D eigenvalue weighted by atomic mass is 32.1. The van der Waals surface area contributed by atoms with Crippen molar-refractivity contribution in [3.05, 3.63) is 47.4 Å². The summed E-state index contributed by atoms with van der Waals surface area (Å²) in [6.07, 6.45) is 8.48. The van der Waals surface area contributed by atoms with Gasteiger partial charge in [-0.3, -0.25) is 9.48 Å². The molecule has 4 rings (SSSR count). The van der Waals surface area contributed by atoms with Gasteiger partial charge in [0.1, 0.15) is 21.6 Å². The van der Waals surface area contributed by atoms with Crippen molar-refractivity contribution in [2.45, 2.75) is 44.4 Å². The topological polar surface area (TPSA) is 85.8 Å². The van der Waals surface area contributed by atoms with E-state index in [4.69, 9.17) is 5.73 Å². The number of halogens is 2. The lowest BCUT2D eigenvalue weighted by Gasteiger charge is -2.17. The number of carbonyl (C=O) groups is 1. The molecular formula is C21H23F2N5OS. The summed E-state index contributed by atoms with van der Waals surface area (Å²) >= 11 is 0.880. The standard InChI is InChI=1S/C21H23F2N5OS/c1-28-18(12-7-4-2-3-5-8-12)15(11-25-28)26-20(29)17-19(24)30-21(27-17)16-13(22)9-6-10-14(16)23/h6,9-12H,2-5,7-8,24H2,1H3,(H,26,29). The van der Waals surface area contributed by atoms with Crippen LogP contribution < -0.4 is 11.1 Å². The lowest BCUT2D eigenvalue weighted by Crippen LogP contribution is -2.16. The van der Waals surface area contributed by atoms with Crippen molar-refractivity contribution >= 4 is 27.9 Å². The van der Waals surface area contributed by atoms with E-state index in [1.165, 1.54) is 18.9 Å². The van der Waals surface area contributed by atoms with Gasteiger partial charge < -0.3 is 11.1 Å². The molecule has 0 spiro atoms. The fourth-order valence-corrected chi connectivity index (χ4v) is 4.94. The lowest BCUT2D eigenvalue weighted by atomic mass is 9.95. The van der Waals surface area contributed by atoms with Crippen molar-refractivity contribution in [1.82, 2.24) is 14.8 Å². The molecule has 30 heavy (non-hydrogen) atoms. The Morgan fingerprint density at radius 3 is 2.53 bits per heavy atom. The average Bonchev–Trinajstić information content (AvgIpc) is 3.13. The zero-order chi connectivity index (χ0) is 21.3. The first-order valence-electron chi connectivity index (χ1n) is 9.99. The number of nitrogens with two attached hydrogens (primary N) is 1. The number of nitrogen functional groups attached to an aromatic ring is 1. The molecule has 0 bridgehead atoms. The summed E-state index contributed by atoms with van der Waals surface area (Å²) in [5, 5.41) is 7.31. The maximum Gasteiger partial charge on any atom is 0.277 e. The number of nitrogens with zero attached hydrogens (tertiary/aromatic N) is 3. The number of rotatable bonds is 4. The lowest BCUT2D eigenvalue weighted by molar-refractivity contribution is 0.102. The maximum absolute atomic E-state index is 14.1. The Hall–Kier alpha value is -2.81. The van der Waals surface area contributed by atoms with Crippen molar-refractivity contribution in [3.63, 3.8) is 0 Å². The summed E-state index contributed by atoms with van der Waals surface area (Å²) in [5.74, 6) is -1.70. The van der Waals surface area contributed by atoms with E-state index in [0.717, 1.165) is 54.8 Å². The van der Waals surface area contributed by atoms with E-state index in [1.807, 2.05) is 7.05 Å². The molecule has 6 nitrogen and oxygen atoms in total.